The average Bonchev–Trinajstić information content (AvgIpc) is 3.46. The number of aliphatic hydroxyl groups excluding tert-OH is 5. The second-order valence-corrected chi connectivity index (χ2v) is 13.6. The van der Waals surface area contributed by atoms with Crippen molar-refractivity contribution in [3.05, 3.63) is 57.1 Å². The highest BCUT2D eigenvalue weighted by Gasteiger charge is 2.37. The van der Waals surface area contributed by atoms with E-state index in [1.165, 1.54) is 16.7 Å². The molecular formula is C29H43FN5O10P. The molecule has 256 valence electrons. The average molecular weight is 672 g/mol. The Morgan fingerprint density at radius 3 is 2.39 bits per heavy atom. The molecule has 0 amide bonds. The molecule has 0 unspecified atom stereocenters. The molecule has 1 fully saturated rings. The van der Waals surface area contributed by atoms with E-state index in [2.05, 4.69) is 15.0 Å². The van der Waals surface area contributed by atoms with Crippen molar-refractivity contribution < 1.29 is 48.8 Å². The summed E-state index contributed by atoms with van der Waals surface area (Å²) in [6.07, 6.45) is -2.71. The molecule has 2 aliphatic heterocycles. The topological polar surface area (TPSA) is 249 Å². The summed E-state index contributed by atoms with van der Waals surface area (Å²) in [6, 6.07) is 4.50. The van der Waals surface area contributed by atoms with Crippen molar-refractivity contribution in [1.82, 2.24) is 19.6 Å². The van der Waals surface area contributed by atoms with Crippen LogP contribution in [0.4, 0.5) is 4.39 Å². The number of rotatable bonds is 10. The lowest BCUT2D eigenvalue weighted by Gasteiger charge is -2.31. The number of nitrogens with two attached hydrogens (primary N) is 1. The summed E-state index contributed by atoms with van der Waals surface area (Å²) in [4.78, 5) is 39.3. The first-order valence-electron chi connectivity index (χ1n) is 15.2. The van der Waals surface area contributed by atoms with Gasteiger partial charge < -0.3 is 50.5 Å². The van der Waals surface area contributed by atoms with E-state index in [9.17, 15) is 23.5 Å². The standard InChI is InChI=1S/C23H28FN4O5P.C6H15NO5/c1-14-17(23(29)28-9-2-3-20(22(28)25-14)34(30,31)32)8-12-27-10-6-15(7-11-27)21-18-5-4-16(24)13-19(18)33-26-21;7-1-3(9)5(11)6(12)4(10)2-8/h4-5,13,15,20H,2-3,6-12H2,1H3,(H2,30,31,32);3-6,8-12H,1-2,7H2/t20-;3-,4+,5+,6+/m10/s1. The summed E-state index contributed by atoms with van der Waals surface area (Å²) in [7, 11) is -4.37. The van der Waals surface area contributed by atoms with Crippen LogP contribution in [0.1, 0.15) is 60.0 Å². The van der Waals surface area contributed by atoms with Gasteiger partial charge in [0.05, 0.1) is 18.4 Å². The van der Waals surface area contributed by atoms with Crippen molar-refractivity contribution >= 4 is 18.6 Å². The van der Waals surface area contributed by atoms with Gasteiger partial charge in [-0.2, -0.15) is 0 Å². The van der Waals surface area contributed by atoms with Crippen molar-refractivity contribution in [1.29, 1.82) is 0 Å². The number of halogens is 1. The molecule has 15 nitrogen and oxygen atoms in total. The molecule has 5 atom stereocenters. The van der Waals surface area contributed by atoms with Crippen LogP contribution in [-0.2, 0) is 17.5 Å². The van der Waals surface area contributed by atoms with E-state index in [0.29, 0.717) is 49.2 Å². The van der Waals surface area contributed by atoms with E-state index < -0.39 is 44.3 Å². The predicted octanol–water partition coefficient (Wildman–Crippen LogP) is -0.352. The zero-order chi connectivity index (χ0) is 33.8. The summed E-state index contributed by atoms with van der Waals surface area (Å²) in [5, 5.41) is 49.2. The number of aliphatic hydroxyl groups is 5. The maximum atomic E-state index is 13.4. The predicted molar refractivity (Wildman–Crippen MR) is 164 cm³/mol. The number of hydrogen-bond acceptors (Lipinski definition) is 12. The van der Waals surface area contributed by atoms with E-state index in [1.54, 1.807) is 13.0 Å². The van der Waals surface area contributed by atoms with Crippen LogP contribution < -0.4 is 11.3 Å². The molecule has 5 rings (SSSR count). The molecule has 0 spiro atoms. The van der Waals surface area contributed by atoms with Crippen molar-refractivity contribution in [2.24, 2.45) is 5.73 Å². The molecule has 9 N–H and O–H groups in total. The quantitative estimate of drug-likeness (QED) is 0.128. The zero-order valence-electron chi connectivity index (χ0n) is 25.5. The number of piperidine rings is 1. The Bertz CT molecular complexity index is 1560. The van der Waals surface area contributed by atoms with Gasteiger partial charge in [-0.05, 0) is 64.3 Å². The summed E-state index contributed by atoms with van der Waals surface area (Å²) in [5.41, 5.74) is 6.30. The van der Waals surface area contributed by atoms with Gasteiger partial charge in [0.15, 0.2) is 5.58 Å². The Kier molecular flexibility index (Phi) is 12.2. The van der Waals surface area contributed by atoms with E-state index in [1.807, 2.05) is 0 Å². The van der Waals surface area contributed by atoms with E-state index >= 15 is 0 Å². The van der Waals surface area contributed by atoms with E-state index in [0.717, 1.165) is 37.0 Å². The highest BCUT2D eigenvalue weighted by Crippen LogP contribution is 2.54. The molecule has 2 aromatic heterocycles. The maximum absolute atomic E-state index is 13.4. The number of nitrogens with zero attached hydrogens (tertiary/aromatic N) is 4. The molecule has 4 heterocycles. The fraction of sp³-hybridized carbons (Fsp3) is 0.621. The number of aromatic nitrogens is 3. The normalized spacial score (nSPS) is 20.4. The first-order chi connectivity index (χ1) is 21.8. The number of fused-ring (bicyclic) bond motifs is 2. The molecule has 1 aromatic carbocycles. The molecule has 0 saturated carbocycles. The molecule has 46 heavy (non-hydrogen) atoms. The van der Waals surface area contributed by atoms with Crippen molar-refractivity contribution in [2.75, 3.05) is 32.8 Å². The summed E-state index contributed by atoms with van der Waals surface area (Å²) >= 11 is 0. The lowest BCUT2D eigenvalue weighted by molar-refractivity contribution is -0.112. The third kappa shape index (κ3) is 8.26. The second-order valence-electron chi connectivity index (χ2n) is 11.8. The minimum Gasteiger partial charge on any atom is -0.394 e. The van der Waals surface area contributed by atoms with Gasteiger partial charge in [0.1, 0.15) is 35.6 Å². The minimum atomic E-state index is -4.37. The van der Waals surface area contributed by atoms with Crippen molar-refractivity contribution in [2.45, 2.75) is 81.6 Å². The Morgan fingerprint density at radius 2 is 1.76 bits per heavy atom. The Labute approximate surface area is 264 Å². The molecule has 3 aromatic rings. The van der Waals surface area contributed by atoms with Crippen LogP contribution in [0.25, 0.3) is 11.0 Å². The Hall–Kier alpha value is -2.63. The minimum absolute atomic E-state index is 0.183. The third-order valence-corrected chi connectivity index (χ3v) is 10.0. The van der Waals surface area contributed by atoms with Crippen LogP contribution in [0, 0.1) is 12.7 Å². The van der Waals surface area contributed by atoms with Crippen LogP contribution in [0.5, 0.6) is 0 Å². The Balaban J connectivity index is 0.000000342. The van der Waals surface area contributed by atoms with E-state index in [4.69, 9.17) is 35.8 Å². The monoisotopic (exact) mass is 671 g/mol. The lowest BCUT2D eigenvalue weighted by Crippen LogP contribution is -2.48. The Morgan fingerprint density at radius 1 is 1.09 bits per heavy atom. The van der Waals surface area contributed by atoms with Gasteiger partial charge in [0.2, 0.25) is 0 Å². The van der Waals surface area contributed by atoms with Crippen LogP contribution in [0.15, 0.2) is 27.5 Å². The molecule has 0 bridgehead atoms. The first-order valence-corrected chi connectivity index (χ1v) is 16.9. The third-order valence-electron chi connectivity index (χ3n) is 8.74. The van der Waals surface area contributed by atoms with Gasteiger partial charge in [0, 0.05) is 48.3 Å². The van der Waals surface area contributed by atoms with Gasteiger partial charge >= 0.3 is 7.60 Å². The van der Waals surface area contributed by atoms with Crippen LogP contribution in [-0.4, -0.2) is 112 Å². The van der Waals surface area contributed by atoms with Gasteiger partial charge in [-0.25, -0.2) is 9.37 Å². The van der Waals surface area contributed by atoms with Crippen molar-refractivity contribution in [3.8, 4) is 0 Å². The highest BCUT2D eigenvalue weighted by molar-refractivity contribution is 7.52. The van der Waals surface area contributed by atoms with Gasteiger partial charge in [0.25, 0.3) is 5.56 Å². The molecule has 1 saturated heterocycles. The van der Waals surface area contributed by atoms with Gasteiger partial charge in [-0.1, -0.05) is 5.16 Å². The summed E-state index contributed by atoms with van der Waals surface area (Å²) in [6.45, 7) is 3.67. The van der Waals surface area contributed by atoms with E-state index in [-0.39, 0.29) is 29.7 Å². The maximum Gasteiger partial charge on any atom is 0.336 e. The molecule has 17 heteroatoms. The largest absolute Gasteiger partial charge is 0.394 e. The van der Waals surface area contributed by atoms with Crippen LogP contribution in [0.3, 0.4) is 0 Å². The van der Waals surface area contributed by atoms with Crippen LogP contribution in [0.2, 0.25) is 0 Å². The van der Waals surface area contributed by atoms with Gasteiger partial charge in [-0.3, -0.25) is 13.9 Å². The number of aryl methyl sites for hydroxylation is 1. The number of hydrogen-bond donors (Lipinski definition) is 8. The summed E-state index contributed by atoms with van der Waals surface area (Å²) in [5.74, 6) is 0.113. The number of likely N-dealkylation sites (tertiary alicyclic amines) is 1. The van der Waals surface area contributed by atoms with Crippen LogP contribution >= 0.6 is 7.60 Å². The van der Waals surface area contributed by atoms with Crippen molar-refractivity contribution in [3.63, 3.8) is 0 Å². The fourth-order valence-electron chi connectivity index (χ4n) is 6.00. The highest BCUT2D eigenvalue weighted by atomic mass is 31.2. The second kappa shape index (κ2) is 15.5. The number of benzene rings is 1. The summed E-state index contributed by atoms with van der Waals surface area (Å²) < 4.78 is 32.1. The molecule has 2 aliphatic rings. The molecule has 0 aliphatic carbocycles. The lowest BCUT2D eigenvalue weighted by atomic mass is 9.91. The first kappa shape index (κ1) is 36.2. The smallest absolute Gasteiger partial charge is 0.336 e. The molecule has 0 radical (unpaired) electrons. The van der Waals surface area contributed by atoms with Gasteiger partial charge in [-0.15, -0.1) is 0 Å². The SMILES string of the molecule is Cc1nc2n(c(=O)c1CCN1CCC(c3noc4cc(F)ccc34)CC1)CCC[C@H]2P(=O)(O)O.NC[C@H](O)[C@@H](O)[C@H](O)[C@H](O)CO. The fourth-order valence-corrected chi connectivity index (χ4v) is 7.01. The zero-order valence-corrected chi connectivity index (χ0v) is 26.4. The molecular weight excluding hydrogens is 628 g/mol.